The quantitative estimate of drug-likeness (QED) is 0.873. The fraction of sp³-hybridized carbons (Fsp3) is 0.188. The summed E-state index contributed by atoms with van der Waals surface area (Å²) in [5, 5.41) is 0.851. The number of halogens is 2. The number of nitrogens with zero attached hydrogens (tertiary/aromatic N) is 1. The molecule has 1 saturated heterocycles. The Labute approximate surface area is 138 Å². The molecule has 1 heterocycles. The highest BCUT2D eigenvalue weighted by Gasteiger charge is 2.46. The van der Waals surface area contributed by atoms with Crippen molar-refractivity contribution in [3.05, 3.63) is 58.1 Å². The zero-order valence-corrected chi connectivity index (χ0v) is 13.3. The molecule has 0 bridgehead atoms. The van der Waals surface area contributed by atoms with Crippen LogP contribution in [0.1, 0.15) is 11.6 Å². The van der Waals surface area contributed by atoms with E-state index in [0.717, 1.165) is 11.3 Å². The van der Waals surface area contributed by atoms with E-state index in [1.54, 1.807) is 30.2 Å². The number of benzene rings is 2. The highest BCUT2D eigenvalue weighted by Crippen LogP contribution is 2.40. The van der Waals surface area contributed by atoms with E-state index in [1.165, 1.54) is 0 Å². The molecule has 1 aliphatic heterocycles. The van der Waals surface area contributed by atoms with Crippen LogP contribution in [0, 0.1) is 0 Å². The average Bonchev–Trinajstić information content (AvgIpc) is 2.54. The van der Waals surface area contributed by atoms with Crippen LogP contribution in [-0.2, 0) is 4.79 Å². The van der Waals surface area contributed by atoms with Crippen molar-refractivity contribution in [3.8, 4) is 5.75 Å². The molecule has 0 unspecified atom stereocenters. The summed E-state index contributed by atoms with van der Waals surface area (Å²) in [4.78, 5) is 13.8. The number of rotatable bonds is 3. The first-order chi connectivity index (χ1) is 10.5. The minimum absolute atomic E-state index is 0.140. The van der Waals surface area contributed by atoms with E-state index in [-0.39, 0.29) is 11.9 Å². The molecular formula is C16H14Cl2N2O2. The highest BCUT2D eigenvalue weighted by molar-refractivity contribution is 6.42. The fourth-order valence-corrected chi connectivity index (χ4v) is 2.88. The normalized spacial score (nSPS) is 20.7. The van der Waals surface area contributed by atoms with Gasteiger partial charge >= 0.3 is 0 Å². The Balaban J connectivity index is 1.95. The van der Waals surface area contributed by atoms with E-state index < -0.39 is 6.04 Å². The molecule has 2 N–H and O–H groups in total. The minimum Gasteiger partial charge on any atom is -0.497 e. The third-order valence-corrected chi connectivity index (χ3v) is 4.52. The Morgan fingerprint density at radius 1 is 1.09 bits per heavy atom. The lowest BCUT2D eigenvalue weighted by Crippen LogP contribution is -2.63. The van der Waals surface area contributed by atoms with Crippen LogP contribution in [0.3, 0.4) is 0 Å². The van der Waals surface area contributed by atoms with Crippen LogP contribution in [0.4, 0.5) is 5.69 Å². The van der Waals surface area contributed by atoms with Gasteiger partial charge in [0.1, 0.15) is 11.8 Å². The second-order valence-electron chi connectivity index (χ2n) is 5.05. The fourth-order valence-electron chi connectivity index (χ4n) is 2.59. The second kappa shape index (κ2) is 5.80. The highest BCUT2D eigenvalue weighted by atomic mass is 35.5. The number of nitrogens with two attached hydrogens (primary N) is 1. The Hall–Kier alpha value is -1.75. The van der Waals surface area contributed by atoms with E-state index >= 15 is 0 Å². The molecule has 1 aliphatic rings. The molecule has 3 rings (SSSR count). The summed E-state index contributed by atoms with van der Waals surface area (Å²) < 4.78 is 5.15. The molecule has 1 fully saturated rings. The van der Waals surface area contributed by atoms with Crippen molar-refractivity contribution >= 4 is 34.8 Å². The molecule has 2 aromatic rings. The summed E-state index contributed by atoms with van der Waals surface area (Å²) in [7, 11) is 1.61. The Morgan fingerprint density at radius 2 is 1.77 bits per heavy atom. The van der Waals surface area contributed by atoms with Gasteiger partial charge in [-0.05, 0) is 35.9 Å². The van der Waals surface area contributed by atoms with Gasteiger partial charge in [0.2, 0.25) is 5.91 Å². The van der Waals surface area contributed by atoms with E-state index in [0.29, 0.717) is 15.7 Å². The molecule has 6 heteroatoms. The first-order valence-corrected chi connectivity index (χ1v) is 7.46. The van der Waals surface area contributed by atoms with Gasteiger partial charge in [0.05, 0.1) is 23.2 Å². The number of carbonyl (C=O) groups excluding carboxylic acids is 1. The number of methoxy groups -OCH3 is 1. The van der Waals surface area contributed by atoms with Crippen molar-refractivity contribution < 1.29 is 9.53 Å². The van der Waals surface area contributed by atoms with Gasteiger partial charge in [0.25, 0.3) is 0 Å². The number of ether oxygens (including phenoxy) is 1. The van der Waals surface area contributed by atoms with Crippen molar-refractivity contribution in [2.45, 2.75) is 12.1 Å². The maximum absolute atomic E-state index is 12.2. The first kappa shape index (κ1) is 15.2. The molecular weight excluding hydrogens is 323 g/mol. The van der Waals surface area contributed by atoms with Gasteiger partial charge in [0.15, 0.2) is 0 Å². The number of hydrogen-bond donors (Lipinski definition) is 1. The van der Waals surface area contributed by atoms with Crippen LogP contribution in [-0.4, -0.2) is 19.1 Å². The van der Waals surface area contributed by atoms with Crippen LogP contribution in [0.15, 0.2) is 42.5 Å². The van der Waals surface area contributed by atoms with Gasteiger partial charge in [-0.15, -0.1) is 0 Å². The molecule has 22 heavy (non-hydrogen) atoms. The average molecular weight is 337 g/mol. The number of anilines is 1. The van der Waals surface area contributed by atoms with Crippen molar-refractivity contribution in [2.24, 2.45) is 5.73 Å². The van der Waals surface area contributed by atoms with E-state index in [4.69, 9.17) is 33.7 Å². The predicted molar refractivity (Wildman–Crippen MR) is 87.7 cm³/mol. The maximum atomic E-state index is 12.2. The standard InChI is InChI=1S/C16H14Cl2N2O2/c1-22-11-5-2-9(3-6-11)15-14(19)16(21)20(15)10-4-7-12(17)13(18)8-10/h2-8,14-15H,19H2,1H3/t14-,15-/m1/s1. The summed E-state index contributed by atoms with van der Waals surface area (Å²) >= 11 is 12.0. The summed E-state index contributed by atoms with van der Waals surface area (Å²) in [6, 6.07) is 11.8. The lowest BCUT2D eigenvalue weighted by atomic mass is 9.88. The zero-order chi connectivity index (χ0) is 15.9. The predicted octanol–water partition coefficient (Wildman–Crippen LogP) is 3.42. The molecule has 0 saturated carbocycles. The Bertz CT molecular complexity index is 719. The molecule has 4 nitrogen and oxygen atoms in total. The number of β-lactam (4-membered cyclic amide) rings is 1. The van der Waals surface area contributed by atoms with Crippen LogP contribution >= 0.6 is 23.2 Å². The summed E-state index contributed by atoms with van der Waals surface area (Å²) in [5.74, 6) is 0.614. The van der Waals surface area contributed by atoms with Gasteiger partial charge in [-0.2, -0.15) is 0 Å². The van der Waals surface area contributed by atoms with Crippen molar-refractivity contribution in [1.29, 1.82) is 0 Å². The maximum Gasteiger partial charge on any atom is 0.247 e. The van der Waals surface area contributed by atoms with Crippen LogP contribution < -0.4 is 15.4 Å². The number of amides is 1. The lowest BCUT2D eigenvalue weighted by Gasteiger charge is -2.45. The van der Waals surface area contributed by atoms with Crippen molar-refractivity contribution in [1.82, 2.24) is 0 Å². The molecule has 0 spiro atoms. The number of carbonyl (C=O) groups is 1. The lowest BCUT2D eigenvalue weighted by molar-refractivity contribution is -0.126. The monoisotopic (exact) mass is 336 g/mol. The summed E-state index contributed by atoms with van der Waals surface area (Å²) in [6.07, 6.45) is 0. The zero-order valence-electron chi connectivity index (χ0n) is 11.8. The minimum atomic E-state index is -0.567. The van der Waals surface area contributed by atoms with E-state index in [9.17, 15) is 4.79 Å². The van der Waals surface area contributed by atoms with Gasteiger partial charge in [-0.25, -0.2) is 0 Å². The Morgan fingerprint density at radius 3 is 2.36 bits per heavy atom. The molecule has 0 radical (unpaired) electrons. The molecule has 2 atom stereocenters. The van der Waals surface area contributed by atoms with Gasteiger partial charge < -0.3 is 15.4 Å². The van der Waals surface area contributed by atoms with Crippen LogP contribution in [0.5, 0.6) is 5.75 Å². The molecule has 0 aromatic heterocycles. The van der Waals surface area contributed by atoms with Gasteiger partial charge in [-0.3, -0.25) is 4.79 Å². The number of hydrogen-bond acceptors (Lipinski definition) is 3. The molecule has 1 amide bonds. The topological polar surface area (TPSA) is 55.6 Å². The second-order valence-corrected chi connectivity index (χ2v) is 5.86. The smallest absolute Gasteiger partial charge is 0.247 e. The Kier molecular flexibility index (Phi) is 4.00. The van der Waals surface area contributed by atoms with E-state index in [1.807, 2.05) is 24.3 Å². The molecule has 0 aliphatic carbocycles. The third-order valence-electron chi connectivity index (χ3n) is 3.78. The first-order valence-electron chi connectivity index (χ1n) is 6.70. The van der Waals surface area contributed by atoms with Crippen molar-refractivity contribution in [3.63, 3.8) is 0 Å². The third kappa shape index (κ3) is 2.43. The van der Waals surface area contributed by atoms with Crippen molar-refractivity contribution in [2.75, 3.05) is 12.0 Å². The van der Waals surface area contributed by atoms with Gasteiger partial charge in [-0.1, -0.05) is 35.3 Å². The van der Waals surface area contributed by atoms with Gasteiger partial charge in [0, 0.05) is 5.69 Å². The molecule has 2 aromatic carbocycles. The van der Waals surface area contributed by atoms with Crippen LogP contribution in [0.2, 0.25) is 10.0 Å². The molecule has 114 valence electrons. The summed E-state index contributed by atoms with van der Waals surface area (Å²) in [5.41, 5.74) is 7.61. The van der Waals surface area contributed by atoms with E-state index in [2.05, 4.69) is 0 Å². The largest absolute Gasteiger partial charge is 0.497 e. The summed E-state index contributed by atoms with van der Waals surface area (Å²) in [6.45, 7) is 0. The SMILES string of the molecule is COc1ccc([C@@H]2[C@@H](N)C(=O)N2c2ccc(Cl)c(Cl)c2)cc1. The van der Waals surface area contributed by atoms with Crippen LogP contribution in [0.25, 0.3) is 0 Å².